The summed E-state index contributed by atoms with van der Waals surface area (Å²) < 4.78 is 0. The van der Waals surface area contributed by atoms with E-state index in [4.69, 9.17) is 4.99 Å². The molecule has 1 nitrogen and oxygen atoms in total. The average molecular weight is 201 g/mol. The topological polar surface area (TPSA) is 12.4 Å². The maximum Gasteiger partial charge on any atom is 0.0658 e. The fraction of sp³-hybridized carbons (Fsp3) is 0.500. The Morgan fingerprint density at radius 3 is 2.40 bits per heavy atom. The van der Waals surface area contributed by atoms with Crippen LogP contribution in [-0.2, 0) is 0 Å². The van der Waals surface area contributed by atoms with Gasteiger partial charge < -0.3 is 0 Å². The van der Waals surface area contributed by atoms with Crippen molar-refractivity contribution in [3.63, 3.8) is 0 Å². The number of hydrogen-bond acceptors (Lipinski definition) is 1. The lowest BCUT2D eigenvalue weighted by molar-refractivity contribution is 0.667. The zero-order valence-electron chi connectivity index (χ0n) is 9.71. The molecular formula is C14H19N. The normalized spacial score (nSPS) is 16.5. The van der Waals surface area contributed by atoms with E-state index in [0.29, 0.717) is 0 Å². The van der Waals surface area contributed by atoms with Crippen molar-refractivity contribution in [3.8, 4) is 0 Å². The molecule has 1 aliphatic rings. The Balaban J connectivity index is 2.22. The van der Waals surface area contributed by atoms with Crippen molar-refractivity contribution in [2.24, 2.45) is 4.99 Å². The fourth-order valence-electron chi connectivity index (χ4n) is 2.17. The van der Waals surface area contributed by atoms with Gasteiger partial charge in [0.15, 0.2) is 0 Å². The first kappa shape index (κ1) is 10.4. The summed E-state index contributed by atoms with van der Waals surface area (Å²) in [5.41, 5.74) is 5.18. The summed E-state index contributed by atoms with van der Waals surface area (Å²) >= 11 is 0. The van der Waals surface area contributed by atoms with Crippen LogP contribution in [0.25, 0.3) is 0 Å². The summed E-state index contributed by atoms with van der Waals surface area (Å²) in [4.78, 5) is 4.78. The van der Waals surface area contributed by atoms with Gasteiger partial charge in [-0.25, -0.2) is 0 Å². The van der Waals surface area contributed by atoms with Gasteiger partial charge in [0.2, 0.25) is 0 Å². The number of nitrogens with zero attached hydrogens (tertiary/aromatic N) is 1. The molecule has 1 fully saturated rings. The van der Waals surface area contributed by atoms with E-state index in [1.54, 1.807) is 0 Å². The fourth-order valence-corrected chi connectivity index (χ4v) is 2.17. The Morgan fingerprint density at radius 1 is 1.00 bits per heavy atom. The number of aryl methyl sites for hydroxylation is 2. The van der Waals surface area contributed by atoms with Crippen LogP contribution in [0.1, 0.15) is 43.2 Å². The van der Waals surface area contributed by atoms with Crippen LogP contribution in [0.15, 0.2) is 23.2 Å². The minimum absolute atomic E-state index is 1.16. The highest BCUT2D eigenvalue weighted by molar-refractivity contribution is 5.87. The highest BCUT2D eigenvalue weighted by atomic mass is 14.7. The summed E-state index contributed by atoms with van der Waals surface area (Å²) in [6.45, 7) is 4.28. The number of hydrogen-bond donors (Lipinski definition) is 0. The van der Waals surface area contributed by atoms with E-state index in [0.717, 1.165) is 5.69 Å². The first-order valence-corrected chi connectivity index (χ1v) is 5.89. The molecule has 0 heterocycles. The van der Waals surface area contributed by atoms with Crippen LogP contribution < -0.4 is 0 Å². The van der Waals surface area contributed by atoms with Crippen LogP contribution in [0.4, 0.5) is 5.69 Å². The van der Waals surface area contributed by atoms with E-state index in [9.17, 15) is 0 Å². The number of aliphatic imine (C=N–C) groups is 1. The van der Waals surface area contributed by atoms with Gasteiger partial charge in [-0.1, -0.05) is 24.1 Å². The SMILES string of the molecule is Cc1ccc(N=C2CCCCC2)c(C)c1. The highest BCUT2D eigenvalue weighted by Crippen LogP contribution is 2.23. The average Bonchev–Trinajstić information content (AvgIpc) is 2.24. The molecule has 80 valence electrons. The largest absolute Gasteiger partial charge is 0.258 e. The predicted molar refractivity (Wildman–Crippen MR) is 66.1 cm³/mol. The molecule has 2 rings (SSSR count). The molecule has 1 aromatic carbocycles. The second-order valence-electron chi connectivity index (χ2n) is 4.53. The zero-order chi connectivity index (χ0) is 10.7. The summed E-state index contributed by atoms with van der Waals surface area (Å²) in [6.07, 6.45) is 6.43. The molecule has 0 bridgehead atoms. The van der Waals surface area contributed by atoms with Gasteiger partial charge >= 0.3 is 0 Å². The van der Waals surface area contributed by atoms with E-state index in [1.807, 2.05) is 0 Å². The molecule has 1 aromatic rings. The Labute approximate surface area is 92.2 Å². The second kappa shape index (κ2) is 4.61. The third-order valence-corrected chi connectivity index (χ3v) is 3.06. The Hall–Kier alpha value is -1.11. The van der Waals surface area contributed by atoms with E-state index >= 15 is 0 Å². The Bertz CT molecular complexity index is 369. The molecule has 0 saturated heterocycles. The Morgan fingerprint density at radius 2 is 1.73 bits per heavy atom. The van der Waals surface area contributed by atoms with E-state index in [1.165, 1.54) is 48.9 Å². The molecule has 0 aliphatic heterocycles. The molecule has 1 heteroatoms. The van der Waals surface area contributed by atoms with Crippen LogP contribution >= 0.6 is 0 Å². The van der Waals surface area contributed by atoms with Crippen molar-refractivity contribution in [2.75, 3.05) is 0 Å². The van der Waals surface area contributed by atoms with Gasteiger partial charge in [-0.05, 0) is 51.2 Å². The molecule has 0 spiro atoms. The molecule has 0 unspecified atom stereocenters. The number of rotatable bonds is 1. The molecule has 0 amide bonds. The van der Waals surface area contributed by atoms with Gasteiger partial charge in [0.1, 0.15) is 0 Å². The third-order valence-electron chi connectivity index (χ3n) is 3.06. The lowest BCUT2D eigenvalue weighted by atomic mass is 9.98. The first-order valence-electron chi connectivity index (χ1n) is 5.89. The molecule has 0 N–H and O–H groups in total. The van der Waals surface area contributed by atoms with Gasteiger partial charge in [0.25, 0.3) is 0 Å². The van der Waals surface area contributed by atoms with Crippen molar-refractivity contribution in [1.29, 1.82) is 0 Å². The van der Waals surface area contributed by atoms with Crippen LogP contribution in [0.5, 0.6) is 0 Å². The van der Waals surface area contributed by atoms with E-state index in [-0.39, 0.29) is 0 Å². The van der Waals surface area contributed by atoms with Gasteiger partial charge in [-0.15, -0.1) is 0 Å². The van der Waals surface area contributed by atoms with Crippen LogP contribution in [-0.4, -0.2) is 5.71 Å². The molecular weight excluding hydrogens is 182 g/mol. The zero-order valence-corrected chi connectivity index (χ0v) is 9.71. The smallest absolute Gasteiger partial charge is 0.0658 e. The van der Waals surface area contributed by atoms with Gasteiger partial charge in [0, 0.05) is 5.71 Å². The van der Waals surface area contributed by atoms with E-state index < -0.39 is 0 Å². The summed E-state index contributed by atoms with van der Waals surface area (Å²) in [7, 11) is 0. The predicted octanol–water partition coefficient (Wildman–Crippen LogP) is 4.34. The maximum atomic E-state index is 4.78. The Kier molecular flexibility index (Phi) is 3.20. The van der Waals surface area contributed by atoms with Crippen molar-refractivity contribution < 1.29 is 0 Å². The lowest BCUT2D eigenvalue weighted by Crippen LogP contribution is -2.03. The monoisotopic (exact) mass is 201 g/mol. The first-order chi connectivity index (χ1) is 7.25. The quantitative estimate of drug-likeness (QED) is 0.641. The number of benzene rings is 1. The van der Waals surface area contributed by atoms with Crippen molar-refractivity contribution in [1.82, 2.24) is 0 Å². The summed E-state index contributed by atoms with van der Waals surface area (Å²) in [5.74, 6) is 0. The minimum atomic E-state index is 1.16. The van der Waals surface area contributed by atoms with Crippen LogP contribution in [0, 0.1) is 13.8 Å². The highest BCUT2D eigenvalue weighted by Gasteiger charge is 2.07. The van der Waals surface area contributed by atoms with Crippen molar-refractivity contribution in [3.05, 3.63) is 29.3 Å². The molecule has 15 heavy (non-hydrogen) atoms. The van der Waals surface area contributed by atoms with Gasteiger partial charge in [0.05, 0.1) is 5.69 Å². The van der Waals surface area contributed by atoms with Crippen molar-refractivity contribution >= 4 is 11.4 Å². The maximum absolute atomic E-state index is 4.78. The molecule has 0 atom stereocenters. The van der Waals surface area contributed by atoms with Crippen LogP contribution in [0.3, 0.4) is 0 Å². The lowest BCUT2D eigenvalue weighted by Gasteiger charge is -2.13. The second-order valence-corrected chi connectivity index (χ2v) is 4.53. The van der Waals surface area contributed by atoms with Crippen molar-refractivity contribution in [2.45, 2.75) is 46.0 Å². The third kappa shape index (κ3) is 2.68. The standard InChI is InChI=1S/C14H19N/c1-11-8-9-14(12(2)10-11)15-13-6-4-3-5-7-13/h8-10H,3-7H2,1-2H3. The molecule has 1 saturated carbocycles. The molecule has 0 aromatic heterocycles. The van der Waals surface area contributed by atoms with E-state index in [2.05, 4.69) is 32.0 Å². The minimum Gasteiger partial charge on any atom is -0.258 e. The summed E-state index contributed by atoms with van der Waals surface area (Å²) in [5, 5.41) is 0. The van der Waals surface area contributed by atoms with Gasteiger partial charge in [-0.2, -0.15) is 0 Å². The summed E-state index contributed by atoms with van der Waals surface area (Å²) in [6, 6.07) is 6.50. The molecule has 0 radical (unpaired) electrons. The van der Waals surface area contributed by atoms with Crippen LogP contribution in [0.2, 0.25) is 0 Å². The van der Waals surface area contributed by atoms with Gasteiger partial charge in [-0.3, -0.25) is 4.99 Å². The molecule has 1 aliphatic carbocycles.